The highest BCUT2D eigenvalue weighted by molar-refractivity contribution is 6.03. The topological polar surface area (TPSA) is 115 Å². The Morgan fingerprint density at radius 1 is 1.06 bits per heavy atom. The second kappa shape index (κ2) is 11.9. The van der Waals surface area contributed by atoms with Crippen LogP contribution in [0.4, 0.5) is 10.1 Å². The van der Waals surface area contributed by atoms with Gasteiger partial charge in [0.25, 0.3) is 0 Å². The number of ether oxygens (including phenoxy) is 3. The second-order valence-electron chi connectivity index (χ2n) is 6.00. The molecule has 2 rings (SSSR count). The Kier molecular flexibility index (Phi) is 8.96. The van der Waals surface area contributed by atoms with E-state index in [2.05, 4.69) is 20.6 Å². The number of methoxy groups -OCH3 is 1. The normalized spacial score (nSPS) is 10.4. The number of carbonyl (C=O) groups excluding carboxylic acids is 3. The van der Waals surface area contributed by atoms with Crippen molar-refractivity contribution in [2.24, 2.45) is 5.10 Å². The van der Waals surface area contributed by atoms with Crippen molar-refractivity contribution >= 4 is 29.7 Å². The number of carbonyl (C=O) groups is 3. The fourth-order valence-electron chi connectivity index (χ4n) is 2.31. The summed E-state index contributed by atoms with van der Waals surface area (Å²) < 4.78 is 28.9. The predicted octanol–water partition coefficient (Wildman–Crippen LogP) is 2.26. The van der Waals surface area contributed by atoms with Crippen molar-refractivity contribution in [3.8, 4) is 11.5 Å². The van der Waals surface area contributed by atoms with Crippen LogP contribution in [0.2, 0.25) is 0 Å². The minimum absolute atomic E-state index is 0.0123. The zero-order valence-electron chi connectivity index (χ0n) is 17.0. The lowest BCUT2D eigenvalue weighted by molar-refractivity contribution is -0.143. The van der Waals surface area contributed by atoms with E-state index in [1.54, 1.807) is 31.2 Å². The number of halogens is 1. The van der Waals surface area contributed by atoms with Crippen LogP contribution < -0.4 is 20.2 Å². The smallest absolute Gasteiger partial charge is 0.343 e. The molecular formula is C21H22FN3O6. The van der Waals surface area contributed by atoms with Crippen molar-refractivity contribution in [2.45, 2.75) is 13.3 Å². The highest BCUT2D eigenvalue weighted by Crippen LogP contribution is 2.28. The lowest BCUT2D eigenvalue weighted by Crippen LogP contribution is -2.24. The molecule has 0 radical (unpaired) electrons. The summed E-state index contributed by atoms with van der Waals surface area (Å²) in [6.45, 7) is 1.88. The van der Waals surface area contributed by atoms with Crippen LogP contribution in [0.15, 0.2) is 47.6 Å². The quantitative estimate of drug-likeness (QED) is 0.258. The number of hydrogen-bond acceptors (Lipinski definition) is 7. The van der Waals surface area contributed by atoms with Crippen LogP contribution in [0.1, 0.15) is 18.9 Å². The van der Waals surface area contributed by atoms with E-state index in [-0.39, 0.29) is 12.3 Å². The van der Waals surface area contributed by atoms with Crippen LogP contribution in [0.25, 0.3) is 0 Å². The summed E-state index contributed by atoms with van der Waals surface area (Å²) in [7, 11) is 1.26. The minimum Gasteiger partial charge on any atom is -0.490 e. The fraction of sp³-hybridized carbons (Fsp3) is 0.238. The van der Waals surface area contributed by atoms with E-state index in [9.17, 15) is 18.8 Å². The standard InChI is InChI=1S/C21H22FN3O6/c1-3-30-18-10-14(8-9-17(18)31-13-21(28)29-2)12-23-25-20(27)11-19(26)24-16-7-5-4-6-15(16)22/h4-10,12H,3,11,13H2,1-2H3,(H,24,26)(H,25,27). The summed E-state index contributed by atoms with van der Waals surface area (Å²) in [6.07, 6.45) is 0.815. The molecule has 164 valence electrons. The van der Waals surface area contributed by atoms with E-state index in [1.165, 1.54) is 31.5 Å². The number of hydrogen-bond donors (Lipinski definition) is 2. The first-order chi connectivity index (χ1) is 14.9. The Bertz CT molecular complexity index is 964. The van der Waals surface area contributed by atoms with Crippen molar-refractivity contribution in [3.05, 3.63) is 53.8 Å². The van der Waals surface area contributed by atoms with E-state index >= 15 is 0 Å². The number of para-hydroxylation sites is 1. The van der Waals surface area contributed by atoms with Gasteiger partial charge in [0.1, 0.15) is 12.2 Å². The highest BCUT2D eigenvalue weighted by Gasteiger charge is 2.11. The Balaban J connectivity index is 1.91. The molecule has 0 aliphatic heterocycles. The molecule has 0 heterocycles. The molecule has 0 aliphatic carbocycles. The van der Waals surface area contributed by atoms with Gasteiger partial charge < -0.3 is 19.5 Å². The number of nitrogens with zero attached hydrogens (tertiary/aromatic N) is 1. The first-order valence-electron chi connectivity index (χ1n) is 9.25. The molecule has 2 aromatic rings. The maximum atomic E-state index is 13.5. The van der Waals surface area contributed by atoms with E-state index in [0.29, 0.717) is 23.7 Å². The summed E-state index contributed by atoms with van der Waals surface area (Å²) in [5.74, 6) is -1.76. The molecule has 2 N–H and O–H groups in total. The van der Waals surface area contributed by atoms with Crippen molar-refractivity contribution in [3.63, 3.8) is 0 Å². The van der Waals surface area contributed by atoms with E-state index in [0.717, 1.165) is 0 Å². The van der Waals surface area contributed by atoms with Crippen LogP contribution in [0.3, 0.4) is 0 Å². The van der Waals surface area contributed by atoms with Gasteiger partial charge in [-0.25, -0.2) is 14.6 Å². The van der Waals surface area contributed by atoms with Crippen molar-refractivity contribution < 1.29 is 33.0 Å². The number of benzene rings is 2. The number of nitrogens with one attached hydrogen (secondary N) is 2. The molecule has 10 heteroatoms. The Morgan fingerprint density at radius 2 is 1.84 bits per heavy atom. The van der Waals surface area contributed by atoms with Gasteiger partial charge in [0.2, 0.25) is 11.8 Å². The van der Waals surface area contributed by atoms with E-state index in [1.807, 2.05) is 0 Å². The minimum atomic E-state index is -0.677. The van der Waals surface area contributed by atoms with Crippen LogP contribution >= 0.6 is 0 Å². The SMILES string of the molecule is CCOc1cc(C=NNC(=O)CC(=O)Nc2ccccc2F)ccc1OCC(=O)OC. The molecule has 2 amide bonds. The van der Waals surface area contributed by atoms with Gasteiger partial charge in [-0.1, -0.05) is 12.1 Å². The van der Waals surface area contributed by atoms with Crippen LogP contribution in [-0.4, -0.2) is 44.3 Å². The molecule has 0 saturated carbocycles. The van der Waals surface area contributed by atoms with E-state index < -0.39 is 30.0 Å². The molecule has 0 spiro atoms. The monoisotopic (exact) mass is 431 g/mol. The molecule has 0 bridgehead atoms. The van der Waals surface area contributed by atoms with Gasteiger partial charge in [-0.15, -0.1) is 0 Å². The maximum Gasteiger partial charge on any atom is 0.343 e. The average Bonchev–Trinajstić information content (AvgIpc) is 2.74. The van der Waals surface area contributed by atoms with Gasteiger partial charge in [0.15, 0.2) is 18.1 Å². The average molecular weight is 431 g/mol. The summed E-state index contributed by atoms with van der Waals surface area (Å²) in [4.78, 5) is 34.9. The van der Waals surface area contributed by atoms with Gasteiger partial charge in [-0.2, -0.15) is 5.10 Å². The van der Waals surface area contributed by atoms with Crippen LogP contribution in [0.5, 0.6) is 11.5 Å². The summed E-state index contributed by atoms with van der Waals surface area (Å²) in [6, 6.07) is 10.5. The first-order valence-corrected chi connectivity index (χ1v) is 9.25. The summed E-state index contributed by atoms with van der Waals surface area (Å²) in [5.41, 5.74) is 2.78. The molecule has 0 aromatic heterocycles. The summed E-state index contributed by atoms with van der Waals surface area (Å²) in [5, 5.41) is 6.10. The van der Waals surface area contributed by atoms with Crippen molar-refractivity contribution in [1.29, 1.82) is 0 Å². The molecule has 0 fully saturated rings. The Morgan fingerprint density at radius 3 is 2.55 bits per heavy atom. The Hall–Kier alpha value is -3.95. The number of rotatable bonds is 10. The number of esters is 1. The molecule has 0 atom stereocenters. The third-order valence-electron chi connectivity index (χ3n) is 3.71. The fourth-order valence-corrected chi connectivity index (χ4v) is 2.31. The summed E-state index contributed by atoms with van der Waals surface area (Å²) >= 11 is 0. The van der Waals surface area contributed by atoms with Crippen molar-refractivity contribution in [2.75, 3.05) is 25.6 Å². The van der Waals surface area contributed by atoms with Crippen molar-refractivity contribution in [1.82, 2.24) is 5.43 Å². The Labute approximate surface area is 178 Å². The highest BCUT2D eigenvalue weighted by atomic mass is 19.1. The van der Waals surface area contributed by atoms with Gasteiger partial charge >= 0.3 is 5.97 Å². The molecular weight excluding hydrogens is 409 g/mol. The van der Waals surface area contributed by atoms with Gasteiger partial charge in [-0.3, -0.25) is 9.59 Å². The molecule has 0 unspecified atom stereocenters. The van der Waals surface area contributed by atoms with Crippen LogP contribution in [0, 0.1) is 5.82 Å². The molecule has 0 saturated heterocycles. The number of amides is 2. The number of anilines is 1. The largest absolute Gasteiger partial charge is 0.490 e. The maximum absolute atomic E-state index is 13.5. The zero-order valence-corrected chi connectivity index (χ0v) is 17.0. The molecule has 31 heavy (non-hydrogen) atoms. The third-order valence-corrected chi connectivity index (χ3v) is 3.71. The lowest BCUT2D eigenvalue weighted by Gasteiger charge is -2.11. The first kappa shape index (κ1) is 23.3. The van der Waals surface area contributed by atoms with Gasteiger partial charge in [0, 0.05) is 0 Å². The number of hydrazone groups is 1. The molecule has 2 aromatic carbocycles. The van der Waals surface area contributed by atoms with Gasteiger partial charge in [0.05, 0.1) is 25.6 Å². The second-order valence-corrected chi connectivity index (χ2v) is 6.00. The van der Waals surface area contributed by atoms with Gasteiger partial charge in [-0.05, 0) is 42.8 Å². The predicted molar refractivity (Wildman–Crippen MR) is 111 cm³/mol. The van der Waals surface area contributed by atoms with E-state index in [4.69, 9.17) is 9.47 Å². The van der Waals surface area contributed by atoms with Crippen LogP contribution in [-0.2, 0) is 19.1 Å². The molecule has 0 aliphatic rings. The lowest BCUT2D eigenvalue weighted by atomic mass is 10.2. The molecule has 9 nitrogen and oxygen atoms in total. The zero-order chi connectivity index (χ0) is 22.6. The third kappa shape index (κ3) is 7.77.